The highest BCUT2D eigenvalue weighted by atomic mass is 16.7. The highest BCUT2D eigenvalue weighted by Crippen LogP contribution is 2.12. The zero-order valence-corrected chi connectivity index (χ0v) is 12.9. The molecule has 0 aliphatic heterocycles. The van der Waals surface area contributed by atoms with Crippen molar-refractivity contribution in [2.24, 2.45) is 0 Å². The predicted molar refractivity (Wildman–Crippen MR) is 82.8 cm³/mol. The Bertz CT molecular complexity index is 478. The van der Waals surface area contributed by atoms with Crippen LogP contribution in [0, 0.1) is 6.92 Å². The van der Waals surface area contributed by atoms with Crippen LogP contribution < -0.4 is 4.74 Å². The van der Waals surface area contributed by atoms with Crippen LogP contribution in [0.15, 0.2) is 36.9 Å². The summed E-state index contributed by atoms with van der Waals surface area (Å²) >= 11 is 0. The first-order valence-electron chi connectivity index (χ1n) is 7.32. The molecule has 1 aromatic carbocycles. The van der Waals surface area contributed by atoms with Crippen molar-refractivity contribution < 1.29 is 23.8 Å². The standard InChI is InChI=1S/C17H22O5/c1-3-16(18)20-12-6-4-5-7-13-21-17(19)22-15-10-8-14(2)9-11-15/h3,8-11H,1,4-7,12-13H2,2H3. The summed E-state index contributed by atoms with van der Waals surface area (Å²) in [4.78, 5) is 22.2. The fraction of sp³-hybridized carbons (Fsp3) is 0.412. The second-order valence-electron chi connectivity index (χ2n) is 4.80. The lowest BCUT2D eigenvalue weighted by atomic mass is 10.2. The second kappa shape index (κ2) is 10.4. The average molecular weight is 306 g/mol. The van der Waals surface area contributed by atoms with Crippen LogP contribution in [0.25, 0.3) is 0 Å². The number of carbonyl (C=O) groups is 2. The molecule has 0 heterocycles. The van der Waals surface area contributed by atoms with Crippen molar-refractivity contribution >= 4 is 12.1 Å². The maximum Gasteiger partial charge on any atom is 0.513 e. The molecule has 22 heavy (non-hydrogen) atoms. The van der Waals surface area contributed by atoms with Crippen molar-refractivity contribution in [1.82, 2.24) is 0 Å². The zero-order chi connectivity index (χ0) is 16.2. The molecule has 0 bridgehead atoms. The van der Waals surface area contributed by atoms with Gasteiger partial charge in [-0.15, -0.1) is 0 Å². The molecule has 5 heteroatoms. The van der Waals surface area contributed by atoms with Crippen LogP contribution in [-0.4, -0.2) is 25.3 Å². The van der Waals surface area contributed by atoms with E-state index in [1.165, 1.54) is 0 Å². The topological polar surface area (TPSA) is 61.8 Å². The predicted octanol–water partition coefficient (Wildman–Crippen LogP) is 3.80. The van der Waals surface area contributed by atoms with Crippen LogP contribution >= 0.6 is 0 Å². The third kappa shape index (κ3) is 8.09. The minimum Gasteiger partial charge on any atom is -0.463 e. The van der Waals surface area contributed by atoms with Gasteiger partial charge in [0.25, 0.3) is 0 Å². The van der Waals surface area contributed by atoms with E-state index in [2.05, 4.69) is 6.58 Å². The Morgan fingerprint density at radius 1 is 1.00 bits per heavy atom. The fourth-order valence-corrected chi connectivity index (χ4v) is 1.68. The first kappa shape index (κ1) is 17.8. The van der Waals surface area contributed by atoms with Crippen molar-refractivity contribution in [2.45, 2.75) is 32.6 Å². The van der Waals surface area contributed by atoms with E-state index in [0.29, 0.717) is 19.0 Å². The molecule has 0 saturated carbocycles. The number of benzene rings is 1. The van der Waals surface area contributed by atoms with Crippen molar-refractivity contribution in [3.8, 4) is 5.75 Å². The summed E-state index contributed by atoms with van der Waals surface area (Å²) in [6.07, 6.45) is 3.78. The third-order valence-corrected chi connectivity index (χ3v) is 2.89. The summed E-state index contributed by atoms with van der Waals surface area (Å²) in [6.45, 7) is 5.98. The Morgan fingerprint density at radius 3 is 2.18 bits per heavy atom. The van der Waals surface area contributed by atoms with Gasteiger partial charge in [0.2, 0.25) is 0 Å². The Kier molecular flexibility index (Phi) is 8.42. The molecule has 0 aliphatic carbocycles. The number of hydrogen-bond donors (Lipinski definition) is 0. The second-order valence-corrected chi connectivity index (χ2v) is 4.80. The van der Waals surface area contributed by atoms with Gasteiger partial charge in [-0.3, -0.25) is 0 Å². The van der Waals surface area contributed by atoms with Crippen LogP contribution in [0.4, 0.5) is 4.79 Å². The Morgan fingerprint density at radius 2 is 1.59 bits per heavy atom. The smallest absolute Gasteiger partial charge is 0.463 e. The van der Waals surface area contributed by atoms with E-state index in [0.717, 1.165) is 37.3 Å². The van der Waals surface area contributed by atoms with E-state index in [1.807, 2.05) is 19.1 Å². The monoisotopic (exact) mass is 306 g/mol. The van der Waals surface area contributed by atoms with E-state index in [9.17, 15) is 9.59 Å². The molecule has 0 unspecified atom stereocenters. The molecular weight excluding hydrogens is 284 g/mol. The van der Waals surface area contributed by atoms with Crippen LogP contribution in [0.2, 0.25) is 0 Å². The SMILES string of the molecule is C=CC(=O)OCCCCCCOC(=O)Oc1ccc(C)cc1. The lowest BCUT2D eigenvalue weighted by Crippen LogP contribution is -2.11. The normalized spacial score (nSPS) is 9.86. The maximum atomic E-state index is 11.4. The van der Waals surface area contributed by atoms with Gasteiger partial charge in [0, 0.05) is 6.08 Å². The molecular formula is C17H22O5. The van der Waals surface area contributed by atoms with Crippen molar-refractivity contribution in [2.75, 3.05) is 13.2 Å². The summed E-state index contributed by atoms with van der Waals surface area (Å²) in [5.41, 5.74) is 1.10. The molecule has 0 amide bonds. The van der Waals surface area contributed by atoms with Gasteiger partial charge in [-0.2, -0.15) is 0 Å². The van der Waals surface area contributed by atoms with E-state index in [-0.39, 0.29) is 0 Å². The molecule has 5 nitrogen and oxygen atoms in total. The first-order chi connectivity index (χ1) is 10.6. The molecule has 0 atom stereocenters. The van der Waals surface area contributed by atoms with E-state index in [4.69, 9.17) is 14.2 Å². The van der Waals surface area contributed by atoms with Crippen molar-refractivity contribution in [3.05, 3.63) is 42.5 Å². The van der Waals surface area contributed by atoms with Gasteiger partial charge in [0.05, 0.1) is 13.2 Å². The van der Waals surface area contributed by atoms with Gasteiger partial charge < -0.3 is 14.2 Å². The maximum absolute atomic E-state index is 11.4. The summed E-state index contributed by atoms with van der Waals surface area (Å²) in [5, 5.41) is 0. The van der Waals surface area contributed by atoms with E-state index in [1.54, 1.807) is 12.1 Å². The Hall–Kier alpha value is -2.30. The average Bonchev–Trinajstić information content (AvgIpc) is 2.51. The molecule has 0 N–H and O–H groups in total. The third-order valence-electron chi connectivity index (χ3n) is 2.89. The van der Waals surface area contributed by atoms with Crippen LogP contribution in [0.5, 0.6) is 5.75 Å². The van der Waals surface area contributed by atoms with Gasteiger partial charge in [0.15, 0.2) is 0 Å². The summed E-state index contributed by atoms with van der Waals surface area (Å²) in [7, 11) is 0. The highest BCUT2D eigenvalue weighted by molar-refractivity contribution is 5.81. The number of rotatable bonds is 9. The molecule has 0 aromatic heterocycles. The number of hydrogen-bond acceptors (Lipinski definition) is 5. The number of esters is 1. The lowest BCUT2D eigenvalue weighted by molar-refractivity contribution is -0.137. The molecule has 0 spiro atoms. The van der Waals surface area contributed by atoms with Gasteiger partial charge >= 0.3 is 12.1 Å². The summed E-state index contributed by atoms with van der Waals surface area (Å²) in [6, 6.07) is 7.17. The number of aryl methyl sites for hydroxylation is 1. The molecule has 1 aromatic rings. The summed E-state index contributed by atoms with van der Waals surface area (Å²) < 4.78 is 14.9. The minimum absolute atomic E-state index is 0.317. The molecule has 0 saturated heterocycles. The Balaban J connectivity index is 2.00. The molecule has 0 radical (unpaired) electrons. The number of ether oxygens (including phenoxy) is 3. The van der Waals surface area contributed by atoms with Gasteiger partial charge in [0.1, 0.15) is 5.75 Å². The van der Waals surface area contributed by atoms with Crippen LogP contribution in [-0.2, 0) is 14.3 Å². The molecule has 0 aliphatic rings. The van der Waals surface area contributed by atoms with E-state index < -0.39 is 12.1 Å². The summed E-state index contributed by atoms with van der Waals surface area (Å²) in [5.74, 6) is 0.0711. The van der Waals surface area contributed by atoms with Crippen molar-refractivity contribution in [1.29, 1.82) is 0 Å². The van der Waals surface area contributed by atoms with Gasteiger partial charge in [-0.25, -0.2) is 9.59 Å². The molecule has 1 rings (SSSR count). The van der Waals surface area contributed by atoms with Crippen LogP contribution in [0.1, 0.15) is 31.2 Å². The largest absolute Gasteiger partial charge is 0.513 e. The lowest BCUT2D eigenvalue weighted by Gasteiger charge is -2.06. The quantitative estimate of drug-likeness (QED) is 0.300. The zero-order valence-electron chi connectivity index (χ0n) is 12.9. The number of unbranched alkanes of at least 4 members (excludes halogenated alkanes) is 3. The minimum atomic E-state index is -0.691. The molecule has 0 fully saturated rings. The van der Waals surface area contributed by atoms with Gasteiger partial charge in [-0.05, 0) is 44.7 Å². The molecule has 120 valence electrons. The Labute approximate surface area is 130 Å². The fourth-order valence-electron chi connectivity index (χ4n) is 1.68. The van der Waals surface area contributed by atoms with Gasteiger partial charge in [-0.1, -0.05) is 24.3 Å². The van der Waals surface area contributed by atoms with Crippen LogP contribution in [0.3, 0.4) is 0 Å². The highest BCUT2D eigenvalue weighted by Gasteiger charge is 2.05. The first-order valence-corrected chi connectivity index (χ1v) is 7.32. The van der Waals surface area contributed by atoms with Crippen molar-refractivity contribution in [3.63, 3.8) is 0 Å². The number of carbonyl (C=O) groups excluding carboxylic acids is 2. The van der Waals surface area contributed by atoms with E-state index >= 15 is 0 Å².